The highest BCUT2D eigenvalue weighted by atomic mass is 16.2. The molecule has 4 rings (SSSR count). The Hall–Kier alpha value is -3.35. The van der Waals surface area contributed by atoms with Gasteiger partial charge in [-0.25, -0.2) is 0 Å². The van der Waals surface area contributed by atoms with Gasteiger partial charge in [0.05, 0.1) is 11.4 Å². The Morgan fingerprint density at radius 3 is 2.63 bits per heavy atom. The first-order chi connectivity index (χ1) is 14.5. The van der Waals surface area contributed by atoms with Crippen molar-refractivity contribution in [3.05, 3.63) is 54.1 Å². The fourth-order valence-electron chi connectivity index (χ4n) is 4.13. The minimum Gasteiger partial charge on any atom is -0.372 e. The molecule has 7 nitrogen and oxygen atoms in total. The summed E-state index contributed by atoms with van der Waals surface area (Å²) in [5.74, 6) is -0.363. The highest BCUT2D eigenvalue weighted by molar-refractivity contribution is 6.04. The van der Waals surface area contributed by atoms with Gasteiger partial charge < -0.3 is 20.0 Å². The Morgan fingerprint density at radius 1 is 1.10 bits per heavy atom. The molecule has 1 atom stereocenters. The van der Waals surface area contributed by atoms with Crippen molar-refractivity contribution in [1.29, 1.82) is 0 Å². The number of nitrogens with one attached hydrogen (secondary N) is 1. The van der Waals surface area contributed by atoms with Crippen molar-refractivity contribution in [2.45, 2.75) is 25.3 Å². The largest absolute Gasteiger partial charge is 0.372 e. The molecule has 30 heavy (non-hydrogen) atoms. The van der Waals surface area contributed by atoms with Gasteiger partial charge in [-0.3, -0.25) is 14.4 Å². The van der Waals surface area contributed by atoms with Gasteiger partial charge >= 0.3 is 0 Å². The normalized spacial score (nSPS) is 19.1. The second-order valence-corrected chi connectivity index (χ2v) is 7.85. The number of anilines is 3. The molecule has 2 aliphatic rings. The van der Waals surface area contributed by atoms with Crippen LogP contribution in [-0.4, -0.2) is 55.8 Å². The molecule has 156 valence electrons. The molecule has 1 N–H and O–H groups in total. The maximum Gasteiger partial charge on any atom is 0.254 e. The Bertz CT molecular complexity index is 976. The van der Waals surface area contributed by atoms with Crippen LogP contribution >= 0.6 is 0 Å². The van der Waals surface area contributed by atoms with E-state index in [1.165, 1.54) is 4.90 Å². The van der Waals surface area contributed by atoms with Crippen LogP contribution in [0.1, 0.15) is 29.6 Å². The summed E-state index contributed by atoms with van der Waals surface area (Å²) in [4.78, 5) is 43.6. The van der Waals surface area contributed by atoms with E-state index in [1.54, 1.807) is 24.1 Å². The Labute approximate surface area is 176 Å². The monoisotopic (exact) mass is 406 g/mol. The molecule has 0 bridgehead atoms. The average Bonchev–Trinajstić information content (AvgIpc) is 2.91. The molecule has 2 aromatic rings. The van der Waals surface area contributed by atoms with Gasteiger partial charge in [0.25, 0.3) is 5.91 Å². The van der Waals surface area contributed by atoms with Gasteiger partial charge in [-0.15, -0.1) is 0 Å². The molecule has 2 heterocycles. The second kappa shape index (κ2) is 8.18. The van der Waals surface area contributed by atoms with Crippen LogP contribution in [0.25, 0.3) is 0 Å². The van der Waals surface area contributed by atoms with E-state index < -0.39 is 6.04 Å². The van der Waals surface area contributed by atoms with Crippen molar-refractivity contribution < 1.29 is 14.4 Å². The zero-order valence-electron chi connectivity index (χ0n) is 17.3. The first kappa shape index (κ1) is 19.9. The van der Waals surface area contributed by atoms with E-state index in [0.29, 0.717) is 37.2 Å². The van der Waals surface area contributed by atoms with Crippen LogP contribution in [0.5, 0.6) is 0 Å². The molecule has 1 saturated heterocycles. The quantitative estimate of drug-likeness (QED) is 0.851. The van der Waals surface area contributed by atoms with Gasteiger partial charge in [0.1, 0.15) is 6.04 Å². The Kier molecular flexibility index (Phi) is 5.44. The number of carbonyl (C=O) groups excluding carboxylic acids is 3. The summed E-state index contributed by atoms with van der Waals surface area (Å²) in [6.45, 7) is 1.27. The smallest absolute Gasteiger partial charge is 0.254 e. The molecule has 3 amide bonds. The van der Waals surface area contributed by atoms with Crippen molar-refractivity contribution in [1.82, 2.24) is 4.90 Å². The SMILES string of the molecule is CN1CCC(=O)Nc2cc(C(=O)N(C)C3CCCN(c4ccccc4)C3=O)ccc21. The van der Waals surface area contributed by atoms with Gasteiger partial charge in [-0.05, 0) is 43.2 Å². The van der Waals surface area contributed by atoms with Gasteiger partial charge in [0, 0.05) is 44.9 Å². The van der Waals surface area contributed by atoms with Gasteiger partial charge in [-0.2, -0.15) is 0 Å². The predicted octanol–water partition coefficient (Wildman–Crippen LogP) is 2.73. The first-order valence-electron chi connectivity index (χ1n) is 10.2. The minimum absolute atomic E-state index is 0.0638. The van der Waals surface area contributed by atoms with Gasteiger partial charge in [-0.1, -0.05) is 18.2 Å². The van der Waals surface area contributed by atoms with Crippen LogP contribution in [0.15, 0.2) is 48.5 Å². The lowest BCUT2D eigenvalue weighted by atomic mass is 10.0. The van der Waals surface area contributed by atoms with Crippen molar-refractivity contribution in [3.63, 3.8) is 0 Å². The number of benzene rings is 2. The maximum absolute atomic E-state index is 13.2. The third-order valence-electron chi connectivity index (χ3n) is 5.87. The van der Waals surface area contributed by atoms with Gasteiger partial charge in [0.2, 0.25) is 11.8 Å². The number of para-hydroxylation sites is 1. The van der Waals surface area contributed by atoms with Crippen molar-refractivity contribution >= 4 is 34.8 Å². The summed E-state index contributed by atoms with van der Waals surface area (Å²) in [5.41, 5.74) is 2.81. The number of nitrogens with zero attached hydrogens (tertiary/aromatic N) is 3. The van der Waals surface area contributed by atoms with Crippen molar-refractivity contribution in [2.75, 3.05) is 42.3 Å². The molecule has 1 fully saturated rings. The minimum atomic E-state index is -0.512. The number of hydrogen-bond acceptors (Lipinski definition) is 4. The summed E-state index contributed by atoms with van der Waals surface area (Å²) in [7, 11) is 3.60. The maximum atomic E-state index is 13.2. The summed E-state index contributed by atoms with van der Waals surface area (Å²) in [6, 6.07) is 14.3. The van der Waals surface area contributed by atoms with Crippen molar-refractivity contribution in [3.8, 4) is 0 Å². The van der Waals surface area contributed by atoms with Crippen LogP contribution in [0.2, 0.25) is 0 Å². The van der Waals surface area contributed by atoms with Crippen LogP contribution in [0, 0.1) is 0 Å². The molecule has 0 aliphatic carbocycles. The molecule has 2 aromatic carbocycles. The summed E-state index contributed by atoms with van der Waals surface area (Å²) < 4.78 is 0. The third-order valence-corrected chi connectivity index (χ3v) is 5.87. The molecule has 2 aliphatic heterocycles. The molecule has 0 saturated carbocycles. The van der Waals surface area contributed by atoms with Crippen LogP contribution < -0.4 is 15.1 Å². The lowest BCUT2D eigenvalue weighted by Crippen LogP contribution is -2.53. The fraction of sp³-hybridized carbons (Fsp3) is 0.348. The first-order valence-corrected chi connectivity index (χ1v) is 10.2. The number of rotatable bonds is 3. The summed E-state index contributed by atoms with van der Waals surface area (Å²) in [5, 5.41) is 2.88. The second-order valence-electron chi connectivity index (χ2n) is 7.85. The topological polar surface area (TPSA) is 73.0 Å². The van der Waals surface area contributed by atoms with E-state index in [2.05, 4.69) is 5.32 Å². The number of hydrogen-bond donors (Lipinski definition) is 1. The predicted molar refractivity (Wildman–Crippen MR) is 117 cm³/mol. The molecule has 0 spiro atoms. The van der Waals surface area contributed by atoms with E-state index in [9.17, 15) is 14.4 Å². The molecule has 0 aromatic heterocycles. The van der Waals surface area contributed by atoms with E-state index in [-0.39, 0.29) is 17.7 Å². The number of carbonyl (C=O) groups is 3. The fourth-order valence-corrected chi connectivity index (χ4v) is 4.13. The van der Waals surface area contributed by atoms with E-state index in [1.807, 2.05) is 48.3 Å². The highest BCUT2D eigenvalue weighted by Crippen LogP contribution is 2.30. The zero-order valence-corrected chi connectivity index (χ0v) is 17.3. The number of fused-ring (bicyclic) bond motifs is 1. The van der Waals surface area contributed by atoms with E-state index in [0.717, 1.165) is 17.8 Å². The standard InChI is InChI=1S/C23H26N4O3/c1-25-14-12-21(28)24-18-15-16(10-11-19(18)25)22(29)26(2)20-9-6-13-27(23(20)30)17-7-4-3-5-8-17/h3-5,7-8,10-11,15,20H,6,9,12-14H2,1-2H3,(H,24,28). The van der Waals surface area contributed by atoms with Crippen LogP contribution in [0.3, 0.4) is 0 Å². The Morgan fingerprint density at radius 2 is 1.87 bits per heavy atom. The van der Waals surface area contributed by atoms with Gasteiger partial charge in [0.15, 0.2) is 0 Å². The van der Waals surface area contributed by atoms with E-state index in [4.69, 9.17) is 0 Å². The number of amides is 3. The van der Waals surface area contributed by atoms with E-state index >= 15 is 0 Å². The third kappa shape index (κ3) is 3.75. The summed E-state index contributed by atoms with van der Waals surface area (Å²) >= 11 is 0. The van der Waals surface area contributed by atoms with Crippen molar-refractivity contribution in [2.24, 2.45) is 0 Å². The Balaban J connectivity index is 1.56. The zero-order chi connectivity index (χ0) is 21.3. The highest BCUT2D eigenvalue weighted by Gasteiger charge is 2.35. The lowest BCUT2D eigenvalue weighted by molar-refractivity contribution is -0.124. The molecular formula is C23H26N4O3. The molecular weight excluding hydrogens is 380 g/mol. The molecule has 0 radical (unpaired) electrons. The molecule has 7 heteroatoms. The number of likely N-dealkylation sites (N-methyl/N-ethyl adjacent to an activating group) is 1. The summed E-state index contributed by atoms with van der Waals surface area (Å²) in [6.07, 6.45) is 1.86. The lowest BCUT2D eigenvalue weighted by Gasteiger charge is -2.37. The number of piperidine rings is 1. The molecule has 1 unspecified atom stereocenters. The van der Waals surface area contributed by atoms with Crippen LogP contribution in [0.4, 0.5) is 17.1 Å². The van der Waals surface area contributed by atoms with Crippen LogP contribution in [-0.2, 0) is 9.59 Å². The average molecular weight is 406 g/mol.